The van der Waals surface area contributed by atoms with Crippen LogP contribution in [-0.2, 0) is 19.4 Å². The number of methoxy groups -OCH3 is 1. The van der Waals surface area contributed by atoms with Crippen molar-refractivity contribution in [1.82, 2.24) is 14.5 Å². The van der Waals surface area contributed by atoms with Gasteiger partial charge in [-0.05, 0) is 48.2 Å². The number of benzene rings is 2. The predicted octanol–water partition coefficient (Wildman–Crippen LogP) is 8.05. The van der Waals surface area contributed by atoms with Crippen LogP contribution in [0.25, 0.3) is 11.4 Å². The van der Waals surface area contributed by atoms with E-state index in [1.165, 1.54) is 19.4 Å². The summed E-state index contributed by atoms with van der Waals surface area (Å²) >= 11 is 9.75. The van der Waals surface area contributed by atoms with Gasteiger partial charge < -0.3 is 19.9 Å². The van der Waals surface area contributed by atoms with E-state index in [0.717, 1.165) is 26.4 Å². The van der Waals surface area contributed by atoms with Gasteiger partial charge in [0.25, 0.3) is 5.91 Å². The Kier molecular flexibility index (Phi) is 9.05. The van der Waals surface area contributed by atoms with Gasteiger partial charge in [-0.15, -0.1) is 0 Å². The molecule has 0 spiro atoms. The van der Waals surface area contributed by atoms with Crippen molar-refractivity contribution in [3.8, 4) is 17.1 Å². The largest absolute Gasteiger partial charge is 0.495 e. The molecule has 2 aromatic heterocycles. The Labute approximate surface area is 242 Å². The van der Waals surface area contributed by atoms with E-state index < -0.39 is 18.6 Å². The van der Waals surface area contributed by atoms with Gasteiger partial charge >= 0.3 is 6.18 Å². The molecule has 0 aliphatic rings. The fraction of sp³-hybridized carbons (Fsp3) is 0.250. The van der Waals surface area contributed by atoms with Gasteiger partial charge in [0, 0.05) is 16.4 Å². The number of anilines is 3. The van der Waals surface area contributed by atoms with E-state index in [1.54, 1.807) is 18.2 Å². The molecule has 12 heteroatoms. The molecule has 4 rings (SSSR count). The number of rotatable bonds is 9. The molecular weight excluding hydrogens is 611 g/mol. The topological polar surface area (TPSA) is 81.1 Å². The van der Waals surface area contributed by atoms with Crippen molar-refractivity contribution in [3.63, 3.8) is 0 Å². The second-order valence-corrected chi connectivity index (χ2v) is 10.2. The molecule has 1 amide bonds. The number of hydrogen-bond acceptors (Lipinski definition) is 5. The highest BCUT2D eigenvalue weighted by Crippen LogP contribution is 2.34. The molecular formula is C28H26BrClF3N5O2. The van der Waals surface area contributed by atoms with Crippen LogP contribution in [0, 0.1) is 0 Å². The molecule has 0 saturated heterocycles. The molecule has 2 N–H and O–H groups in total. The molecule has 0 atom stereocenters. The number of carbonyl (C=O) groups excluding carboxylic acids is 1. The number of nitrogens with zero attached hydrogens (tertiary/aromatic N) is 3. The molecule has 0 bridgehead atoms. The smallest absolute Gasteiger partial charge is 0.406 e. The number of para-hydroxylation sites is 1. The lowest BCUT2D eigenvalue weighted by Gasteiger charge is -2.14. The standard InChI is InChI=1S/C28H26BrClF3N5O2/c1-4-16-7-6-8-17(5-2)24(16)36-26(39)18-11-22(38(14-18)15-28(31,32)33)25-20(30)13-34-27(37-25)35-21-10-9-19(29)12-23(21)40-3/h6-14H,4-5,15H2,1-3H3,(H,36,39)(H,34,35,37). The number of ether oxygens (including phenoxy) is 1. The van der Waals surface area contributed by atoms with E-state index in [-0.39, 0.29) is 27.9 Å². The first-order chi connectivity index (χ1) is 19.0. The maximum absolute atomic E-state index is 13.6. The summed E-state index contributed by atoms with van der Waals surface area (Å²) in [6, 6.07) is 12.3. The number of amides is 1. The number of hydrogen-bond donors (Lipinski definition) is 2. The number of nitrogens with one attached hydrogen (secondary N) is 2. The van der Waals surface area contributed by atoms with E-state index in [4.69, 9.17) is 16.3 Å². The quantitative estimate of drug-likeness (QED) is 0.194. The van der Waals surface area contributed by atoms with Gasteiger partial charge in [0.05, 0.1) is 35.3 Å². The second kappa shape index (κ2) is 12.3. The van der Waals surface area contributed by atoms with Crippen molar-refractivity contribution in [2.75, 3.05) is 17.7 Å². The Hall–Kier alpha value is -3.57. The third kappa shape index (κ3) is 6.76. The van der Waals surface area contributed by atoms with Gasteiger partial charge in [0.2, 0.25) is 5.95 Å². The first-order valence-electron chi connectivity index (χ1n) is 12.4. The van der Waals surface area contributed by atoms with Crippen LogP contribution in [0.15, 0.2) is 59.3 Å². The van der Waals surface area contributed by atoms with Gasteiger partial charge in [-0.25, -0.2) is 9.97 Å². The highest BCUT2D eigenvalue weighted by atomic mass is 79.9. The Morgan fingerprint density at radius 3 is 2.45 bits per heavy atom. The number of carbonyl (C=O) groups is 1. The molecule has 2 heterocycles. The Morgan fingerprint density at radius 1 is 1.12 bits per heavy atom. The van der Waals surface area contributed by atoms with Crippen LogP contribution in [0.5, 0.6) is 5.75 Å². The first-order valence-corrected chi connectivity index (χ1v) is 13.5. The zero-order valence-electron chi connectivity index (χ0n) is 21.9. The minimum atomic E-state index is -4.56. The van der Waals surface area contributed by atoms with Gasteiger partial charge in [-0.2, -0.15) is 13.2 Å². The lowest BCUT2D eigenvalue weighted by molar-refractivity contribution is -0.140. The van der Waals surface area contributed by atoms with E-state index in [9.17, 15) is 18.0 Å². The van der Waals surface area contributed by atoms with Crippen LogP contribution in [-0.4, -0.2) is 33.7 Å². The molecule has 0 fully saturated rings. The maximum atomic E-state index is 13.6. The van der Waals surface area contributed by atoms with Crippen molar-refractivity contribution in [2.45, 2.75) is 39.4 Å². The average Bonchev–Trinajstić information content (AvgIpc) is 3.32. The lowest BCUT2D eigenvalue weighted by atomic mass is 10.0. The summed E-state index contributed by atoms with van der Waals surface area (Å²) < 4.78 is 47.8. The van der Waals surface area contributed by atoms with Crippen molar-refractivity contribution >= 4 is 50.8 Å². The fourth-order valence-electron chi connectivity index (χ4n) is 4.24. The molecule has 0 saturated carbocycles. The van der Waals surface area contributed by atoms with Crippen LogP contribution in [0.1, 0.15) is 35.3 Å². The molecule has 0 aliphatic heterocycles. The van der Waals surface area contributed by atoms with Gasteiger partial charge in [0.1, 0.15) is 18.0 Å². The zero-order chi connectivity index (χ0) is 29.0. The molecule has 4 aromatic rings. The summed E-state index contributed by atoms with van der Waals surface area (Å²) in [5, 5.41) is 5.92. The highest BCUT2D eigenvalue weighted by Gasteiger charge is 2.30. The van der Waals surface area contributed by atoms with E-state index >= 15 is 0 Å². The molecule has 2 aromatic carbocycles. The number of aryl methyl sites for hydroxylation is 2. The Morgan fingerprint density at radius 2 is 1.82 bits per heavy atom. The minimum absolute atomic E-state index is 0.0141. The SMILES string of the molecule is CCc1cccc(CC)c1NC(=O)c1cc(-c2nc(Nc3ccc(Br)cc3OC)ncc2Cl)n(CC(F)(F)F)c1. The number of aromatic nitrogens is 3. The van der Waals surface area contributed by atoms with Crippen LogP contribution >= 0.6 is 27.5 Å². The summed E-state index contributed by atoms with van der Waals surface area (Å²) in [7, 11) is 1.50. The molecule has 7 nitrogen and oxygen atoms in total. The predicted molar refractivity (Wildman–Crippen MR) is 154 cm³/mol. The van der Waals surface area contributed by atoms with Crippen molar-refractivity contribution in [3.05, 3.63) is 81.0 Å². The lowest BCUT2D eigenvalue weighted by Crippen LogP contribution is -2.18. The fourth-order valence-corrected chi connectivity index (χ4v) is 4.77. The van der Waals surface area contributed by atoms with Crippen LogP contribution < -0.4 is 15.4 Å². The first kappa shape index (κ1) is 29.4. The summed E-state index contributed by atoms with van der Waals surface area (Å²) in [5.74, 6) is 0.0313. The highest BCUT2D eigenvalue weighted by molar-refractivity contribution is 9.10. The third-order valence-corrected chi connectivity index (χ3v) is 6.91. The minimum Gasteiger partial charge on any atom is -0.495 e. The third-order valence-electron chi connectivity index (χ3n) is 6.14. The molecule has 0 radical (unpaired) electrons. The van der Waals surface area contributed by atoms with E-state index in [1.807, 2.05) is 32.0 Å². The van der Waals surface area contributed by atoms with E-state index in [2.05, 4.69) is 36.5 Å². The van der Waals surface area contributed by atoms with Crippen LogP contribution in [0.3, 0.4) is 0 Å². The number of halogens is 5. The summed E-state index contributed by atoms with van der Waals surface area (Å²) in [6.07, 6.45) is -0.759. The monoisotopic (exact) mass is 635 g/mol. The van der Waals surface area contributed by atoms with Crippen molar-refractivity contribution < 1.29 is 22.7 Å². The second-order valence-electron chi connectivity index (χ2n) is 8.83. The van der Waals surface area contributed by atoms with Crippen molar-refractivity contribution in [1.29, 1.82) is 0 Å². The molecule has 0 unspecified atom stereocenters. The molecule has 0 aliphatic carbocycles. The van der Waals surface area contributed by atoms with Crippen LogP contribution in [0.2, 0.25) is 5.02 Å². The van der Waals surface area contributed by atoms with Crippen LogP contribution in [0.4, 0.5) is 30.5 Å². The zero-order valence-corrected chi connectivity index (χ0v) is 24.2. The van der Waals surface area contributed by atoms with Gasteiger partial charge in [-0.1, -0.05) is 59.6 Å². The summed E-state index contributed by atoms with van der Waals surface area (Å²) in [5.41, 5.74) is 3.14. The van der Waals surface area contributed by atoms with Gasteiger partial charge in [-0.3, -0.25) is 4.79 Å². The normalized spacial score (nSPS) is 11.4. The van der Waals surface area contributed by atoms with Gasteiger partial charge in [0.15, 0.2) is 0 Å². The maximum Gasteiger partial charge on any atom is 0.406 e. The summed E-state index contributed by atoms with van der Waals surface area (Å²) in [6.45, 7) is 2.59. The van der Waals surface area contributed by atoms with E-state index in [0.29, 0.717) is 30.0 Å². The average molecular weight is 637 g/mol. The molecule has 40 heavy (non-hydrogen) atoms. The van der Waals surface area contributed by atoms with Crippen molar-refractivity contribution in [2.24, 2.45) is 0 Å². The summed E-state index contributed by atoms with van der Waals surface area (Å²) in [4.78, 5) is 21.9. The Bertz CT molecular complexity index is 1520. The number of alkyl halides is 3. The molecule has 210 valence electrons. The Balaban J connectivity index is 1.74.